The van der Waals surface area contributed by atoms with Gasteiger partial charge in [0.05, 0.1) is 43.3 Å². The molecule has 1 heterocycles. The van der Waals surface area contributed by atoms with Crippen LogP contribution in [0.25, 0.3) is 0 Å². The molecule has 0 saturated heterocycles. The second-order valence-corrected chi connectivity index (χ2v) is 14.1. The summed E-state index contributed by atoms with van der Waals surface area (Å²) in [7, 11) is -1.94. The first-order chi connectivity index (χ1) is 21.3. The van der Waals surface area contributed by atoms with Crippen molar-refractivity contribution >= 4 is 33.5 Å². The summed E-state index contributed by atoms with van der Waals surface area (Å²) in [6.45, 7) is 8.16. The maximum Gasteiger partial charge on any atom is 0.305 e. The van der Waals surface area contributed by atoms with Gasteiger partial charge in [-0.1, -0.05) is 13.3 Å². The Balaban J connectivity index is 2.30. The smallest absolute Gasteiger partial charge is 0.305 e. The molecular weight excluding hydrogens is 602 g/mol. The molecule has 0 aromatic heterocycles. The molecule has 0 radical (unpaired) electrons. The second-order valence-electron chi connectivity index (χ2n) is 12.0. The number of hydrogen-bond donors (Lipinski definition) is 2. The standard InChI is InChI=1S/C32H53N3O9S/c1-7-42-31(38)15-10-8-9-14-30(37)33-26-16-17-28-27(19-26)32(39)35(24(3)22-36)20-23(2)29(21-34(5)45(6,40)41)43-18-12-11-13-25(4)44-28/h16-17,19,23-25,29,36H,7-15,18,20-22H2,1-6H3,(H,33,37)/t23-,24-,25-,29-/m0/s1. The molecule has 1 aliphatic rings. The van der Waals surface area contributed by atoms with Gasteiger partial charge in [-0.2, -0.15) is 0 Å². The Kier molecular flexibility index (Phi) is 16.3. The summed E-state index contributed by atoms with van der Waals surface area (Å²) in [6, 6.07) is 4.43. The third-order valence-corrected chi connectivity index (χ3v) is 9.21. The van der Waals surface area contributed by atoms with Crippen LogP contribution in [0.2, 0.25) is 0 Å². The van der Waals surface area contributed by atoms with Gasteiger partial charge in [0.1, 0.15) is 5.75 Å². The normalized spacial score (nSPS) is 20.9. The highest BCUT2D eigenvalue weighted by Crippen LogP contribution is 2.29. The van der Waals surface area contributed by atoms with Crippen LogP contribution in [0.4, 0.5) is 5.69 Å². The SMILES string of the molecule is CCOC(=O)CCCCCC(=O)Nc1ccc2c(c1)C(=O)N([C@@H](C)CO)C[C@H](C)[C@H](CN(C)S(C)(=O)=O)OCCCC[C@H](C)O2. The van der Waals surface area contributed by atoms with Crippen LogP contribution in [0.15, 0.2) is 18.2 Å². The number of nitrogens with zero attached hydrogens (tertiary/aromatic N) is 2. The molecule has 0 fully saturated rings. The van der Waals surface area contributed by atoms with E-state index in [2.05, 4.69) is 5.32 Å². The molecule has 0 bridgehead atoms. The van der Waals surface area contributed by atoms with Gasteiger partial charge in [-0.3, -0.25) is 14.4 Å². The van der Waals surface area contributed by atoms with E-state index in [1.807, 2.05) is 13.8 Å². The fraction of sp³-hybridized carbons (Fsp3) is 0.719. The largest absolute Gasteiger partial charge is 0.490 e. The van der Waals surface area contributed by atoms with E-state index in [1.165, 1.54) is 11.4 Å². The van der Waals surface area contributed by atoms with E-state index < -0.39 is 22.2 Å². The number of aliphatic hydroxyl groups is 1. The number of likely N-dealkylation sites (N-methyl/N-ethyl adjacent to an activating group) is 1. The molecule has 1 aromatic rings. The minimum Gasteiger partial charge on any atom is -0.490 e. The van der Waals surface area contributed by atoms with Crippen molar-refractivity contribution in [3.8, 4) is 5.75 Å². The van der Waals surface area contributed by atoms with Gasteiger partial charge in [0.15, 0.2) is 0 Å². The molecule has 45 heavy (non-hydrogen) atoms. The predicted molar refractivity (Wildman–Crippen MR) is 173 cm³/mol. The summed E-state index contributed by atoms with van der Waals surface area (Å²) in [6.07, 6.45) is 5.28. The van der Waals surface area contributed by atoms with Crippen LogP contribution < -0.4 is 10.1 Å². The number of nitrogens with one attached hydrogen (secondary N) is 1. The number of carbonyl (C=O) groups is 3. The number of ether oxygens (including phenoxy) is 3. The lowest BCUT2D eigenvalue weighted by atomic mass is 10.0. The number of esters is 1. The molecule has 4 atom stereocenters. The lowest BCUT2D eigenvalue weighted by Crippen LogP contribution is -2.47. The third-order valence-electron chi connectivity index (χ3n) is 7.93. The van der Waals surface area contributed by atoms with Crippen molar-refractivity contribution in [2.75, 3.05) is 51.5 Å². The van der Waals surface area contributed by atoms with Gasteiger partial charge < -0.3 is 29.5 Å². The van der Waals surface area contributed by atoms with Gasteiger partial charge in [-0.25, -0.2) is 12.7 Å². The van der Waals surface area contributed by atoms with Crippen molar-refractivity contribution in [1.29, 1.82) is 0 Å². The highest BCUT2D eigenvalue weighted by Gasteiger charge is 2.31. The molecule has 2 N–H and O–H groups in total. The van der Waals surface area contributed by atoms with Crippen LogP contribution in [0.3, 0.4) is 0 Å². The lowest BCUT2D eigenvalue weighted by Gasteiger charge is -2.35. The quantitative estimate of drug-likeness (QED) is 0.239. The van der Waals surface area contributed by atoms with Gasteiger partial charge in [0.2, 0.25) is 15.9 Å². The Morgan fingerprint density at radius 3 is 2.56 bits per heavy atom. The van der Waals surface area contributed by atoms with E-state index in [0.29, 0.717) is 56.8 Å². The first-order valence-electron chi connectivity index (χ1n) is 16.0. The molecule has 12 nitrogen and oxygen atoms in total. The van der Waals surface area contributed by atoms with Crippen LogP contribution in [0.1, 0.15) is 89.4 Å². The van der Waals surface area contributed by atoms with Crippen LogP contribution in [0.5, 0.6) is 5.75 Å². The summed E-state index contributed by atoms with van der Waals surface area (Å²) in [5.41, 5.74) is 0.695. The maximum atomic E-state index is 14.2. The number of rotatable bonds is 13. The maximum absolute atomic E-state index is 14.2. The highest BCUT2D eigenvalue weighted by atomic mass is 32.2. The Morgan fingerprint density at radius 2 is 1.89 bits per heavy atom. The number of benzene rings is 1. The molecular formula is C32H53N3O9S. The van der Waals surface area contributed by atoms with Gasteiger partial charge in [0, 0.05) is 51.2 Å². The number of anilines is 1. The van der Waals surface area contributed by atoms with E-state index in [1.54, 1.807) is 36.9 Å². The summed E-state index contributed by atoms with van der Waals surface area (Å²) in [4.78, 5) is 40.0. The number of unbranched alkanes of at least 4 members (excludes halogenated alkanes) is 2. The van der Waals surface area contributed by atoms with Crippen molar-refractivity contribution in [3.05, 3.63) is 23.8 Å². The van der Waals surface area contributed by atoms with E-state index >= 15 is 0 Å². The average Bonchev–Trinajstić information content (AvgIpc) is 2.97. The highest BCUT2D eigenvalue weighted by molar-refractivity contribution is 7.88. The Hall–Kier alpha value is -2.74. The van der Waals surface area contributed by atoms with Crippen LogP contribution in [0, 0.1) is 5.92 Å². The Labute approximate surface area is 268 Å². The number of hydrogen-bond acceptors (Lipinski definition) is 9. The van der Waals surface area contributed by atoms with Crippen molar-refractivity contribution in [1.82, 2.24) is 9.21 Å². The molecule has 13 heteroatoms. The molecule has 0 aliphatic carbocycles. The Morgan fingerprint density at radius 1 is 1.18 bits per heavy atom. The second kappa shape index (κ2) is 19.0. The first-order valence-corrected chi connectivity index (χ1v) is 17.8. The first kappa shape index (κ1) is 38.4. The molecule has 256 valence electrons. The fourth-order valence-electron chi connectivity index (χ4n) is 5.04. The van der Waals surface area contributed by atoms with Gasteiger partial charge in [-0.15, -0.1) is 0 Å². The summed E-state index contributed by atoms with van der Waals surface area (Å²) < 4.78 is 42.9. The van der Waals surface area contributed by atoms with Crippen molar-refractivity contribution in [2.45, 2.75) is 97.3 Å². The molecule has 0 saturated carbocycles. The monoisotopic (exact) mass is 655 g/mol. The molecule has 2 rings (SSSR count). The molecule has 0 spiro atoms. The summed E-state index contributed by atoms with van der Waals surface area (Å²) in [5.74, 6) is -0.721. The molecule has 1 aliphatic heterocycles. The van der Waals surface area contributed by atoms with E-state index in [4.69, 9.17) is 14.2 Å². The summed E-state index contributed by atoms with van der Waals surface area (Å²) >= 11 is 0. The van der Waals surface area contributed by atoms with Crippen LogP contribution >= 0.6 is 0 Å². The zero-order chi connectivity index (χ0) is 33.6. The average molecular weight is 656 g/mol. The minimum absolute atomic E-state index is 0.130. The number of fused-ring (bicyclic) bond motifs is 1. The predicted octanol–water partition coefficient (Wildman–Crippen LogP) is 3.83. The van der Waals surface area contributed by atoms with E-state index in [9.17, 15) is 27.9 Å². The Bertz CT molecular complexity index is 1210. The van der Waals surface area contributed by atoms with Crippen molar-refractivity contribution in [3.63, 3.8) is 0 Å². The third kappa shape index (κ3) is 13.3. The van der Waals surface area contributed by atoms with Crippen molar-refractivity contribution in [2.24, 2.45) is 5.92 Å². The van der Waals surface area contributed by atoms with Crippen LogP contribution in [-0.4, -0.2) is 105 Å². The zero-order valence-corrected chi connectivity index (χ0v) is 28.6. The number of aliphatic hydroxyl groups excluding tert-OH is 1. The minimum atomic E-state index is -3.45. The zero-order valence-electron chi connectivity index (χ0n) is 27.7. The van der Waals surface area contributed by atoms with E-state index in [-0.39, 0.29) is 61.5 Å². The van der Waals surface area contributed by atoms with Crippen molar-refractivity contribution < 1.29 is 42.1 Å². The topological polar surface area (TPSA) is 152 Å². The fourth-order valence-corrected chi connectivity index (χ4v) is 5.46. The molecule has 2 amide bonds. The lowest BCUT2D eigenvalue weighted by molar-refractivity contribution is -0.143. The van der Waals surface area contributed by atoms with E-state index in [0.717, 1.165) is 19.1 Å². The number of amides is 2. The van der Waals surface area contributed by atoms with Crippen LogP contribution in [-0.2, 0) is 29.1 Å². The molecule has 0 unspecified atom stereocenters. The molecule has 1 aromatic carbocycles. The van der Waals surface area contributed by atoms with Gasteiger partial charge in [0.25, 0.3) is 5.91 Å². The number of carbonyl (C=O) groups excluding carboxylic acids is 3. The van der Waals surface area contributed by atoms with Gasteiger partial charge in [-0.05, 0) is 71.1 Å². The van der Waals surface area contributed by atoms with Gasteiger partial charge >= 0.3 is 5.97 Å². The number of sulfonamides is 1. The summed E-state index contributed by atoms with van der Waals surface area (Å²) in [5, 5.41) is 13.0.